The summed E-state index contributed by atoms with van der Waals surface area (Å²) in [6.45, 7) is 0.207. The van der Waals surface area contributed by atoms with Crippen LogP contribution in [-0.2, 0) is 4.74 Å². The molecule has 1 radical (unpaired) electrons. The minimum atomic E-state index is -0.621. The largest absolute Gasteiger partial charge is 0.454 e. The third-order valence-electron chi connectivity index (χ3n) is 1.75. The standard InChI is InChI=1S/C9H8NO4/c1-12-9(11)10-6-2-3-7-8(4-6)14-5-13-7/h2-4H,1,5H2,(H,10,11). The van der Waals surface area contributed by atoms with Crippen molar-refractivity contribution < 1.29 is 19.0 Å². The number of carbonyl (C=O) groups excluding carboxylic acids is 1. The molecule has 1 N–H and O–H groups in total. The normalized spacial score (nSPS) is 12.4. The van der Waals surface area contributed by atoms with Gasteiger partial charge in [-0.15, -0.1) is 0 Å². The number of amides is 1. The Morgan fingerprint density at radius 2 is 2.21 bits per heavy atom. The average Bonchev–Trinajstić information content (AvgIpc) is 2.64. The van der Waals surface area contributed by atoms with Gasteiger partial charge < -0.3 is 14.2 Å². The molecule has 5 nitrogen and oxygen atoms in total. The van der Waals surface area contributed by atoms with Crippen molar-refractivity contribution in [1.29, 1.82) is 0 Å². The van der Waals surface area contributed by atoms with Gasteiger partial charge in [-0.25, -0.2) is 4.79 Å². The van der Waals surface area contributed by atoms with Gasteiger partial charge in [0.2, 0.25) is 6.79 Å². The molecular weight excluding hydrogens is 186 g/mol. The number of nitrogens with one attached hydrogen (secondary N) is 1. The van der Waals surface area contributed by atoms with E-state index >= 15 is 0 Å². The molecule has 0 aromatic heterocycles. The number of ether oxygens (including phenoxy) is 3. The number of carbonyl (C=O) groups is 1. The molecule has 14 heavy (non-hydrogen) atoms. The summed E-state index contributed by atoms with van der Waals surface area (Å²) in [6, 6.07) is 5.05. The summed E-state index contributed by atoms with van der Waals surface area (Å²) in [5.41, 5.74) is 0.572. The summed E-state index contributed by atoms with van der Waals surface area (Å²) in [6.07, 6.45) is -0.621. The van der Waals surface area contributed by atoms with Crippen LogP contribution in [0.2, 0.25) is 0 Å². The number of benzene rings is 1. The van der Waals surface area contributed by atoms with Crippen LogP contribution in [0.4, 0.5) is 10.5 Å². The van der Waals surface area contributed by atoms with Crippen LogP contribution in [0.1, 0.15) is 0 Å². The number of hydrogen-bond donors (Lipinski definition) is 1. The van der Waals surface area contributed by atoms with E-state index in [-0.39, 0.29) is 6.79 Å². The smallest absolute Gasteiger partial charge is 0.411 e. The molecule has 5 heteroatoms. The van der Waals surface area contributed by atoms with Crippen LogP contribution in [0.25, 0.3) is 0 Å². The van der Waals surface area contributed by atoms with Gasteiger partial charge in [-0.2, -0.15) is 0 Å². The zero-order chi connectivity index (χ0) is 9.97. The lowest BCUT2D eigenvalue weighted by molar-refractivity contribution is 0.174. The van der Waals surface area contributed by atoms with Crippen molar-refractivity contribution in [2.24, 2.45) is 0 Å². The van der Waals surface area contributed by atoms with E-state index in [0.29, 0.717) is 17.2 Å². The molecule has 0 saturated heterocycles. The monoisotopic (exact) mass is 194 g/mol. The first-order chi connectivity index (χ1) is 6.79. The Morgan fingerprint density at radius 3 is 3.00 bits per heavy atom. The molecule has 0 atom stereocenters. The first-order valence-electron chi connectivity index (χ1n) is 3.92. The quantitative estimate of drug-likeness (QED) is 0.739. The van der Waals surface area contributed by atoms with Gasteiger partial charge in [-0.05, 0) is 12.1 Å². The van der Waals surface area contributed by atoms with E-state index in [1.165, 1.54) is 0 Å². The molecule has 0 bridgehead atoms. The summed E-state index contributed by atoms with van der Waals surface area (Å²) in [4.78, 5) is 10.8. The van der Waals surface area contributed by atoms with Crippen LogP contribution in [0, 0.1) is 7.11 Å². The second-order valence-electron chi connectivity index (χ2n) is 2.62. The summed E-state index contributed by atoms with van der Waals surface area (Å²) in [5, 5.41) is 2.46. The van der Waals surface area contributed by atoms with Crippen molar-refractivity contribution in [2.75, 3.05) is 12.1 Å². The molecule has 73 valence electrons. The Labute approximate surface area is 80.6 Å². The van der Waals surface area contributed by atoms with Gasteiger partial charge in [-0.1, -0.05) is 0 Å². The first kappa shape index (κ1) is 8.68. The topological polar surface area (TPSA) is 56.8 Å². The molecule has 1 aliphatic heterocycles. The maximum absolute atomic E-state index is 10.8. The molecule has 1 aromatic rings. The Kier molecular flexibility index (Phi) is 2.14. The van der Waals surface area contributed by atoms with E-state index in [1.807, 2.05) is 0 Å². The lowest BCUT2D eigenvalue weighted by Crippen LogP contribution is -2.09. The molecule has 1 heterocycles. The van der Waals surface area contributed by atoms with Gasteiger partial charge in [0.15, 0.2) is 11.5 Å². The number of anilines is 1. The Balaban J connectivity index is 2.16. The number of fused-ring (bicyclic) bond motifs is 1. The number of hydrogen-bond acceptors (Lipinski definition) is 4. The molecule has 0 spiro atoms. The summed E-state index contributed by atoms with van der Waals surface area (Å²) in [7, 11) is 2.99. The minimum Gasteiger partial charge on any atom is -0.454 e. The number of rotatable bonds is 1. The third-order valence-corrected chi connectivity index (χ3v) is 1.75. The first-order valence-corrected chi connectivity index (χ1v) is 3.92. The molecule has 2 rings (SSSR count). The van der Waals surface area contributed by atoms with Crippen molar-refractivity contribution in [3.8, 4) is 11.5 Å². The van der Waals surface area contributed by atoms with E-state index < -0.39 is 6.09 Å². The second kappa shape index (κ2) is 3.45. The maximum Gasteiger partial charge on any atom is 0.411 e. The maximum atomic E-state index is 10.8. The van der Waals surface area contributed by atoms with Gasteiger partial charge in [-0.3, -0.25) is 5.32 Å². The zero-order valence-corrected chi connectivity index (χ0v) is 7.28. The van der Waals surface area contributed by atoms with Crippen molar-refractivity contribution in [1.82, 2.24) is 0 Å². The Bertz CT molecular complexity index is 364. The van der Waals surface area contributed by atoms with Crippen LogP contribution in [0.15, 0.2) is 18.2 Å². The van der Waals surface area contributed by atoms with Gasteiger partial charge >= 0.3 is 6.09 Å². The third kappa shape index (κ3) is 1.56. The summed E-state index contributed by atoms with van der Waals surface area (Å²) < 4.78 is 14.4. The second-order valence-corrected chi connectivity index (χ2v) is 2.62. The van der Waals surface area contributed by atoms with E-state index in [0.717, 1.165) is 0 Å². The molecule has 0 aliphatic carbocycles. The highest BCUT2D eigenvalue weighted by molar-refractivity contribution is 5.85. The fourth-order valence-corrected chi connectivity index (χ4v) is 1.13. The molecule has 1 aromatic carbocycles. The van der Waals surface area contributed by atoms with Crippen molar-refractivity contribution in [2.45, 2.75) is 0 Å². The summed E-state index contributed by atoms with van der Waals surface area (Å²) in [5.74, 6) is 1.27. The van der Waals surface area contributed by atoms with Gasteiger partial charge in [0.1, 0.15) is 7.11 Å². The molecule has 0 saturated carbocycles. The molecular formula is C9H8NO4. The van der Waals surface area contributed by atoms with Crippen LogP contribution in [0.3, 0.4) is 0 Å². The van der Waals surface area contributed by atoms with Crippen molar-refractivity contribution in [3.63, 3.8) is 0 Å². The predicted molar refractivity (Wildman–Crippen MR) is 48.0 cm³/mol. The van der Waals surface area contributed by atoms with Crippen LogP contribution in [0.5, 0.6) is 11.5 Å². The highest BCUT2D eigenvalue weighted by atomic mass is 16.7. The summed E-state index contributed by atoms with van der Waals surface area (Å²) >= 11 is 0. The highest BCUT2D eigenvalue weighted by Crippen LogP contribution is 2.34. The van der Waals surface area contributed by atoms with E-state index in [4.69, 9.17) is 9.47 Å². The Morgan fingerprint density at radius 1 is 1.43 bits per heavy atom. The van der Waals surface area contributed by atoms with Gasteiger partial charge in [0.25, 0.3) is 0 Å². The minimum absolute atomic E-state index is 0.207. The van der Waals surface area contributed by atoms with Crippen LogP contribution in [-0.4, -0.2) is 12.9 Å². The molecule has 1 amide bonds. The molecule has 1 aliphatic rings. The van der Waals surface area contributed by atoms with Crippen molar-refractivity contribution in [3.05, 3.63) is 25.3 Å². The van der Waals surface area contributed by atoms with Gasteiger partial charge in [0.05, 0.1) is 0 Å². The SMILES string of the molecule is [CH2]OC(=O)Nc1ccc2c(c1)OCO2. The Hall–Kier alpha value is -1.91. The lowest BCUT2D eigenvalue weighted by Gasteiger charge is -2.03. The van der Waals surface area contributed by atoms with Crippen LogP contribution < -0.4 is 14.8 Å². The van der Waals surface area contributed by atoms with Crippen molar-refractivity contribution >= 4 is 11.8 Å². The van der Waals surface area contributed by atoms with E-state index in [1.54, 1.807) is 18.2 Å². The van der Waals surface area contributed by atoms with E-state index in [9.17, 15) is 4.79 Å². The highest BCUT2D eigenvalue weighted by Gasteiger charge is 2.13. The fraction of sp³-hybridized carbons (Fsp3) is 0.111. The van der Waals surface area contributed by atoms with E-state index in [2.05, 4.69) is 17.2 Å². The predicted octanol–water partition coefficient (Wildman–Crippen LogP) is 1.76. The molecule has 0 unspecified atom stereocenters. The average molecular weight is 194 g/mol. The van der Waals surface area contributed by atoms with Crippen LogP contribution >= 0.6 is 0 Å². The molecule has 0 fully saturated rings. The van der Waals surface area contributed by atoms with Gasteiger partial charge in [0, 0.05) is 11.8 Å². The lowest BCUT2D eigenvalue weighted by atomic mass is 10.3. The zero-order valence-electron chi connectivity index (χ0n) is 7.28. The fourth-order valence-electron chi connectivity index (χ4n) is 1.13.